The van der Waals surface area contributed by atoms with E-state index in [-0.39, 0.29) is 24.2 Å². The summed E-state index contributed by atoms with van der Waals surface area (Å²) in [4.78, 5) is 14.7. The molecule has 1 N–H and O–H groups in total. The van der Waals surface area contributed by atoms with E-state index >= 15 is 0 Å². The Balaban J connectivity index is 1.32. The Morgan fingerprint density at radius 1 is 1.17 bits per heavy atom. The highest BCUT2D eigenvalue weighted by atomic mass is 79.9. The number of amides is 1. The number of ether oxygens (including phenoxy) is 2. The van der Waals surface area contributed by atoms with E-state index in [4.69, 9.17) is 9.47 Å². The second-order valence-corrected chi connectivity index (χ2v) is 8.71. The molecule has 0 aromatic heterocycles. The summed E-state index contributed by atoms with van der Waals surface area (Å²) in [6, 6.07) is 16.5. The number of hydrogen-bond acceptors (Lipinski definition) is 4. The lowest BCUT2D eigenvalue weighted by Gasteiger charge is -2.35. The van der Waals surface area contributed by atoms with Crippen LogP contribution in [-0.4, -0.2) is 52.5 Å². The van der Waals surface area contributed by atoms with Gasteiger partial charge in [-0.05, 0) is 35.1 Å². The zero-order valence-corrected chi connectivity index (χ0v) is 17.7. The van der Waals surface area contributed by atoms with Crippen molar-refractivity contribution in [3.63, 3.8) is 0 Å². The number of carbonyl (C=O) groups excluding carboxylic acids is 1. The number of hydrogen-bond donors (Lipinski definition) is 1. The average Bonchev–Trinajstić information content (AvgIpc) is 3.27. The molecule has 2 aromatic carbocycles. The molecule has 0 spiro atoms. The van der Waals surface area contributed by atoms with Gasteiger partial charge in [0.05, 0.1) is 17.5 Å². The number of piperidine rings is 1. The normalized spacial score (nSPS) is 28.0. The third kappa shape index (κ3) is 3.27. The zero-order chi connectivity index (χ0) is 20.0. The molecule has 5 nitrogen and oxygen atoms in total. The van der Waals surface area contributed by atoms with Gasteiger partial charge in [0.1, 0.15) is 6.61 Å². The second kappa shape index (κ2) is 7.42. The molecule has 5 rings (SSSR count). The molecule has 3 aliphatic rings. The van der Waals surface area contributed by atoms with E-state index in [0.29, 0.717) is 24.9 Å². The highest BCUT2D eigenvalue weighted by Gasteiger charge is 2.50. The molecule has 0 radical (unpaired) electrons. The number of likely N-dealkylation sites (tertiary alicyclic amines) is 1. The highest BCUT2D eigenvalue weighted by Crippen LogP contribution is 2.45. The molecular formula is C23H24BrNO4. The van der Waals surface area contributed by atoms with Gasteiger partial charge < -0.3 is 19.5 Å². The molecule has 29 heavy (non-hydrogen) atoms. The number of carbonyl (C=O) groups is 1. The van der Waals surface area contributed by atoms with Gasteiger partial charge in [0.25, 0.3) is 0 Å². The quantitative estimate of drug-likeness (QED) is 0.698. The number of benzene rings is 2. The largest absolute Gasteiger partial charge is 0.448 e. The van der Waals surface area contributed by atoms with E-state index in [2.05, 4.69) is 40.2 Å². The molecule has 3 atom stereocenters. The maximum absolute atomic E-state index is 13.0. The van der Waals surface area contributed by atoms with E-state index in [1.165, 1.54) is 22.3 Å². The Morgan fingerprint density at radius 2 is 1.83 bits per heavy atom. The molecule has 0 bridgehead atoms. The van der Waals surface area contributed by atoms with E-state index in [1.54, 1.807) is 4.90 Å². The molecule has 2 fully saturated rings. The van der Waals surface area contributed by atoms with E-state index < -0.39 is 5.79 Å². The van der Waals surface area contributed by atoms with Crippen LogP contribution in [-0.2, 0) is 9.47 Å². The van der Waals surface area contributed by atoms with Crippen LogP contribution in [0.25, 0.3) is 11.1 Å². The van der Waals surface area contributed by atoms with Crippen molar-refractivity contribution in [2.45, 2.75) is 43.1 Å². The van der Waals surface area contributed by atoms with Crippen molar-refractivity contribution >= 4 is 22.0 Å². The van der Waals surface area contributed by atoms with Crippen LogP contribution in [0.4, 0.5) is 4.79 Å². The molecule has 0 saturated carbocycles. The number of aliphatic hydroxyl groups is 1. The van der Waals surface area contributed by atoms with Crippen LogP contribution < -0.4 is 0 Å². The highest BCUT2D eigenvalue weighted by molar-refractivity contribution is 9.09. The number of nitrogens with zero attached hydrogens (tertiary/aromatic N) is 1. The number of rotatable bonds is 3. The van der Waals surface area contributed by atoms with E-state index in [0.717, 1.165) is 12.8 Å². The smallest absolute Gasteiger partial charge is 0.410 e. The van der Waals surface area contributed by atoms with Gasteiger partial charge in [-0.3, -0.25) is 0 Å². The molecule has 2 heterocycles. The first kappa shape index (κ1) is 19.1. The van der Waals surface area contributed by atoms with Crippen LogP contribution in [0.15, 0.2) is 48.5 Å². The van der Waals surface area contributed by atoms with Crippen LogP contribution in [0.5, 0.6) is 0 Å². The lowest BCUT2D eigenvalue weighted by Crippen LogP contribution is -2.49. The summed E-state index contributed by atoms with van der Waals surface area (Å²) in [5.41, 5.74) is 4.84. The predicted octanol–water partition coefficient (Wildman–Crippen LogP) is 4.27. The predicted molar refractivity (Wildman–Crippen MR) is 113 cm³/mol. The molecule has 2 saturated heterocycles. The summed E-state index contributed by atoms with van der Waals surface area (Å²) in [7, 11) is 0. The minimum Gasteiger partial charge on any atom is -0.448 e. The van der Waals surface area contributed by atoms with Crippen molar-refractivity contribution in [2.75, 3.05) is 18.5 Å². The third-order valence-corrected chi connectivity index (χ3v) is 7.27. The SMILES string of the molecule is O=C(OCC1c2ccccc2-c2ccccc21)N1CCC[C@@H]2OC(O)(CBr)C[C@@H]21. The number of fused-ring (bicyclic) bond motifs is 4. The van der Waals surface area contributed by atoms with Crippen LogP contribution in [0.2, 0.25) is 0 Å². The lowest BCUT2D eigenvalue weighted by atomic mass is 9.97. The van der Waals surface area contributed by atoms with Crippen molar-refractivity contribution in [3.05, 3.63) is 59.7 Å². The topological polar surface area (TPSA) is 59.0 Å². The monoisotopic (exact) mass is 457 g/mol. The van der Waals surface area contributed by atoms with E-state index in [1.807, 2.05) is 24.3 Å². The molecule has 152 valence electrons. The maximum atomic E-state index is 13.0. The first-order valence-corrected chi connectivity index (χ1v) is 11.3. The fraction of sp³-hybridized carbons (Fsp3) is 0.435. The van der Waals surface area contributed by atoms with Crippen molar-refractivity contribution in [2.24, 2.45) is 0 Å². The Bertz CT molecular complexity index is 889. The molecule has 1 aliphatic carbocycles. The average molecular weight is 458 g/mol. The Kier molecular flexibility index (Phi) is 4.88. The van der Waals surface area contributed by atoms with Crippen molar-refractivity contribution < 1.29 is 19.4 Å². The van der Waals surface area contributed by atoms with Gasteiger partial charge in [0, 0.05) is 18.9 Å². The summed E-state index contributed by atoms with van der Waals surface area (Å²) < 4.78 is 11.6. The first-order chi connectivity index (χ1) is 14.1. The lowest BCUT2D eigenvalue weighted by molar-refractivity contribution is -0.176. The molecule has 1 unspecified atom stereocenters. The maximum Gasteiger partial charge on any atom is 0.410 e. The second-order valence-electron chi connectivity index (χ2n) is 8.15. The standard InChI is InChI=1S/C23H24BrNO4/c24-14-23(27)12-20-21(29-23)10-5-11-25(20)22(26)28-13-19-17-8-3-1-6-15(17)16-7-2-4-9-18(16)19/h1-4,6-9,19-21,27H,5,10-14H2/t20-,21-,23?/m0/s1. The molecule has 2 aromatic rings. The summed E-state index contributed by atoms with van der Waals surface area (Å²) in [6.07, 6.45) is 1.67. The van der Waals surface area contributed by atoms with E-state index in [9.17, 15) is 9.90 Å². The minimum atomic E-state index is -1.21. The third-order valence-electron chi connectivity index (χ3n) is 6.40. The number of alkyl halides is 1. The van der Waals surface area contributed by atoms with Crippen LogP contribution >= 0.6 is 15.9 Å². The van der Waals surface area contributed by atoms with Gasteiger partial charge in [-0.2, -0.15) is 0 Å². The van der Waals surface area contributed by atoms with Gasteiger partial charge in [-0.15, -0.1) is 0 Å². The van der Waals surface area contributed by atoms with Crippen LogP contribution in [0, 0.1) is 0 Å². The Hall–Kier alpha value is -1.89. The van der Waals surface area contributed by atoms with Gasteiger partial charge in [0.15, 0.2) is 5.79 Å². The van der Waals surface area contributed by atoms with Gasteiger partial charge >= 0.3 is 6.09 Å². The Morgan fingerprint density at radius 3 is 2.48 bits per heavy atom. The summed E-state index contributed by atoms with van der Waals surface area (Å²) in [5.74, 6) is -1.16. The summed E-state index contributed by atoms with van der Waals surface area (Å²) >= 11 is 3.32. The fourth-order valence-corrected chi connectivity index (χ4v) is 5.41. The number of halogens is 1. The zero-order valence-electron chi connectivity index (χ0n) is 16.1. The van der Waals surface area contributed by atoms with Crippen molar-refractivity contribution in [1.82, 2.24) is 4.90 Å². The van der Waals surface area contributed by atoms with Gasteiger partial charge in [0.2, 0.25) is 0 Å². The fourth-order valence-electron chi connectivity index (χ4n) is 5.05. The molecule has 1 amide bonds. The van der Waals surface area contributed by atoms with Crippen LogP contribution in [0.3, 0.4) is 0 Å². The van der Waals surface area contributed by atoms with Gasteiger partial charge in [-0.1, -0.05) is 64.5 Å². The molecule has 6 heteroatoms. The van der Waals surface area contributed by atoms with Crippen molar-refractivity contribution in [3.8, 4) is 11.1 Å². The molecule has 2 aliphatic heterocycles. The first-order valence-electron chi connectivity index (χ1n) is 10.2. The minimum absolute atomic E-state index is 0.0474. The van der Waals surface area contributed by atoms with Crippen molar-refractivity contribution in [1.29, 1.82) is 0 Å². The van der Waals surface area contributed by atoms with Gasteiger partial charge in [-0.25, -0.2) is 4.79 Å². The summed E-state index contributed by atoms with van der Waals surface area (Å²) in [6.45, 7) is 0.948. The van der Waals surface area contributed by atoms with Crippen LogP contribution in [0.1, 0.15) is 36.3 Å². The molecular weight excluding hydrogens is 434 g/mol. The Labute approximate surface area is 178 Å². The summed E-state index contributed by atoms with van der Waals surface area (Å²) in [5, 5.41) is 10.8.